The molecule has 0 saturated carbocycles. The summed E-state index contributed by atoms with van der Waals surface area (Å²) < 4.78 is 10.8. The maximum absolute atomic E-state index is 12.4. The number of aliphatic hydroxyl groups excluding tert-OH is 1. The molecule has 0 heterocycles. The van der Waals surface area contributed by atoms with E-state index in [0.29, 0.717) is 12.8 Å². The standard InChI is InChI=1S/C81H140O5/c1-3-5-7-9-11-13-15-17-19-21-23-25-27-29-31-33-35-37-38-39-40-41-42-44-46-48-50-52-54-56-58-60-62-64-66-68-70-72-74-76-81(84)86-79(77-82)78-85-80(83)75-73-71-69-67-65-63-61-59-57-55-53-51-49-47-45-43-36-34-32-30-28-26-24-22-20-18-16-14-12-10-8-6-4-2/h5-8,11-14,17-20,23-26,29,31,35,37,79,82H,3-4,9-10,15-16,21-22,27-28,30,32-34,36,38-78H2,1-2H3/b7-5-,8-6-,13-11-,14-12-,19-17-,20-18-,25-23-,26-24-,31-29-,37-35-. The van der Waals surface area contributed by atoms with Crippen LogP contribution in [0, 0.1) is 0 Å². The van der Waals surface area contributed by atoms with Gasteiger partial charge in [0, 0.05) is 12.8 Å². The van der Waals surface area contributed by atoms with Crippen molar-refractivity contribution in [2.45, 2.75) is 367 Å². The summed E-state index contributed by atoms with van der Waals surface area (Å²) in [6.45, 7) is 3.95. The second-order valence-electron chi connectivity index (χ2n) is 24.6. The van der Waals surface area contributed by atoms with Crippen molar-refractivity contribution in [3.05, 3.63) is 122 Å². The summed E-state index contributed by atoms with van der Waals surface area (Å²) in [5, 5.41) is 9.72. The van der Waals surface area contributed by atoms with E-state index in [-0.39, 0.29) is 25.2 Å². The maximum atomic E-state index is 12.4. The molecule has 0 aliphatic rings. The van der Waals surface area contributed by atoms with Gasteiger partial charge in [0.1, 0.15) is 6.61 Å². The predicted octanol–water partition coefficient (Wildman–Crippen LogP) is 26.1. The molecule has 0 aliphatic heterocycles. The van der Waals surface area contributed by atoms with Gasteiger partial charge in [0.2, 0.25) is 0 Å². The van der Waals surface area contributed by atoms with Gasteiger partial charge in [-0.25, -0.2) is 0 Å². The molecule has 5 heteroatoms. The van der Waals surface area contributed by atoms with Gasteiger partial charge in [-0.05, 0) is 103 Å². The summed E-state index contributed by atoms with van der Waals surface area (Å²) in [6, 6.07) is 0. The number of ether oxygens (including phenoxy) is 2. The monoisotopic (exact) mass is 1190 g/mol. The number of esters is 2. The summed E-state index contributed by atoms with van der Waals surface area (Å²) in [6.07, 6.45) is 111. The normalized spacial score (nSPS) is 12.9. The van der Waals surface area contributed by atoms with E-state index in [1.807, 2.05) is 0 Å². The Hall–Kier alpha value is -3.70. The van der Waals surface area contributed by atoms with Gasteiger partial charge in [-0.1, -0.05) is 367 Å². The van der Waals surface area contributed by atoms with E-state index >= 15 is 0 Å². The van der Waals surface area contributed by atoms with Crippen molar-refractivity contribution in [3.63, 3.8) is 0 Å². The summed E-state index contributed by atoms with van der Waals surface area (Å²) in [5.41, 5.74) is 0. The van der Waals surface area contributed by atoms with E-state index in [1.165, 1.54) is 231 Å². The van der Waals surface area contributed by atoms with Gasteiger partial charge < -0.3 is 14.6 Å². The topological polar surface area (TPSA) is 72.8 Å². The van der Waals surface area contributed by atoms with Crippen LogP contribution < -0.4 is 0 Å². The lowest BCUT2D eigenvalue weighted by atomic mass is 10.0. The van der Waals surface area contributed by atoms with Gasteiger partial charge in [0.25, 0.3) is 0 Å². The Labute approximate surface area is 534 Å². The summed E-state index contributed by atoms with van der Waals surface area (Å²) in [7, 11) is 0. The van der Waals surface area contributed by atoms with Gasteiger partial charge >= 0.3 is 11.9 Å². The van der Waals surface area contributed by atoms with Crippen molar-refractivity contribution in [3.8, 4) is 0 Å². The summed E-state index contributed by atoms with van der Waals surface area (Å²) >= 11 is 0. The lowest BCUT2D eigenvalue weighted by Gasteiger charge is -2.15. The van der Waals surface area contributed by atoms with Crippen LogP contribution >= 0.6 is 0 Å². The molecule has 494 valence electrons. The van der Waals surface area contributed by atoms with E-state index in [1.54, 1.807) is 0 Å². The number of aliphatic hydroxyl groups is 1. The molecule has 0 aromatic carbocycles. The average Bonchev–Trinajstić information content (AvgIpc) is 3.55. The molecule has 0 rings (SSSR count). The molecule has 1 unspecified atom stereocenters. The molecule has 1 N–H and O–H groups in total. The number of rotatable bonds is 68. The fraction of sp³-hybridized carbons (Fsp3) is 0.728. The Morgan fingerprint density at radius 1 is 0.267 bits per heavy atom. The minimum absolute atomic E-state index is 0.0646. The first-order valence-corrected chi connectivity index (χ1v) is 37.1. The molecule has 0 aromatic rings. The van der Waals surface area contributed by atoms with Crippen molar-refractivity contribution in [1.29, 1.82) is 0 Å². The molecule has 0 fully saturated rings. The Morgan fingerprint density at radius 2 is 0.465 bits per heavy atom. The zero-order valence-corrected chi connectivity index (χ0v) is 56.8. The molecule has 0 bridgehead atoms. The van der Waals surface area contributed by atoms with Crippen LogP contribution in [0.1, 0.15) is 361 Å². The molecule has 1 atom stereocenters. The van der Waals surface area contributed by atoms with Crippen LogP contribution in [0.2, 0.25) is 0 Å². The first-order chi connectivity index (χ1) is 42.6. The predicted molar refractivity (Wildman–Crippen MR) is 380 cm³/mol. The Bertz CT molecular complexity index is 1690. The first-order valence-electron chi connectivity index (χ1n) is 37.1. The summed E-state index contributed by atoms with van der Waals surface area (Å²) in [4.78, 5) is 24.7. The lowest BCUT2D eigenvalue weighted by molar-refractivity contribution is -0.161. The van der Waals surface area contributed by atoms with Crippen LogP contribution in [0.3, 0.4) is 0 Å². The van der Waals surface area contributed by atoms with Crippen molar-refractivity contribution in [1.82, 2.24) is 0 Å². The van der Waals surface area contributed by atoms with E-state index in [2.05, 4.69) is 135 Å². The second kappa shape index (κ2) is 75.5. The van der Waals surface area contributed by atoms with Crippen LogP contribution in [-0.2, 0) is 19.1 Å². The van der Waals surface area contributed by atoms with Gasteiger partial charge in [0.05, 0.1) is 6.61 Å². The number of carbonyl (C=O) groups is 2. The molecule has 0 spiro atoms. The molecule has 86 heavy (non-hydrogen) atoms. The molecule has 0 saturated heterocycles. The van der Waals surface area contributed by atoms with E-state index in [0.717, 1.165) is 103 Å². The van der Waals surface area contributed by atoms with Crippen molar-refractivity contribution in [2.75, 3.05) is 13.2 Å². The minimum atomic E-state index is -0.776. The third-order valence-corrected chi connectivity index (χ3v) is 16.3. The highest BCUT2D eigenvalue weighted by Gasteiger charge is 2.16. The molecule has 0 aromatic heterocycles. The Morgan fingerprint density at radius 3 is 0.698 bits per heavy atom. The highest BCUT2D eigenvalue weighted by Crippen LogP contribution is 2.18. The number of hydrogen-bond acceptors (Lipinski definition) is 5. The van der Waals surface area contributed by atoms with E-state index in [4.69, 9.17) is 9.47 Å². The molecule has 5 nitrogen and oxygen atoms in total. The Kier molecular flexibility index (Phi) is 72.3. The van der Waals surface area contributed by atoms with Crippen LogP contribution in [0.25, 0.3) is 0 Å². The van der Waals surface area contributed by atoms with Gasteiger partial charge in [-0.3, -0.25) is 9.59 Å². The highest BCUT2D eigenvalue weighted by atomic mass is 16.6. The fourth-order valence-electron chi connectivity index (χ4n) is 10.8. The van der Waals surface area contributed by atoms with Gasteiger partial charge in [-0.2, -0.15) is 0 Å². The zero-order chi connectivity index (χ0) is 61.9. The second-order valence-corrected chi connectivity index (χ2v) is 24.6. The lowest BCUT2D eigenvalue weighted by Crippen LogP contribution is -2.28. The summed E-state index contributed by atoms with van der Waals surface area (Å²) in [5.74, 6) is -0.575. The van der Waals surface area contributed by atoms with E-state index in [9.17, 15) is 14.7 Å². The smallest absolute Gasteiger partial charge is 0.306 e. The Balaban J connectivity index is 3.42. The fourth-order valence-corrected chi connectivity index (χ4v) is 10.8. The SMILES string of the molecule is CC/C=C\C/C=C\C/C=C\C/C=C\C/C=C\C/C=C\CCCCCCCCCCCCCCCCCCCCCCC(=O)OC(CO)COC(=O)CCCCCCCCCCCCCCCCCCCCCC/C=C\C/C=C\C/C=C\C/C=C\CC. The van der Waals surface area contributed by atoms with Crippen molar-refractivity contribution < 1.29 is 24.2 Å². The third-order valence-electron chi connectivity index (χ3n) is 16.3. The number of carbonyl (C=O) groups excluding carboxylic acids is 2. The molecular formula is C81H140O5. The van der Waals surface area contributed by atoms with Gasteiger partial charge in [0.15, 0.2) is 6.10 Å². The van der Waals surface area contributed by atoms with Crippen LogP contribution in [0.15, 0.2) is 122 Å². The third kappa shape index (κ3) is 72.8. The quantitative estimate of drug-likeness (QED) is 0.0373. The number of hydrogen-bond donors (Lipinski definition) is 1. The number of unbranched alkanes of at least 4 members (excludes halogenated alkanes) is 40. The number of allylic oxidation sites excluding steroid dienone is 20. The van der Waals surface area contributed by atoms with Crippen LogP contribution in [0.5, 0.6) is 0 Å². The van der Waals surface area contributed by atoms with Crippen LogP contribution in [-0.4, -0.2) is 36.4 Å². The molecule has 0 amide bonds. The van der Waals surface area contributed by atoms with Crippen molar-refractivity contribution >= 4 is 11.9 Å². The minimum Gasteiger partial charge on any atom is -0.462 e. The first kappa shape index (κ1) is 82.3. The zero-order valence-electron chi connectivity index (χ0n) is 56.8. The molecular weight excluding hydrogens is 1050 g/mol. The van der Waals surface area contributed by atoms with Crippen molar-refractivity contribution in [2.24, 2.45) is 0 Å². The van der Waals surface area contributed by atoms with Gasteiger partial charge in [-0.15, -0.1) is 0 Å². The van der Waals surface area contributed by atoms with Crippen LogP contribution in [0.4, 0.5) is 0 Å². The van der Waals surface area contributed by atoms with E-state index < -0.39 is 6.10 Å². The maximum Gasteiger partial charge on any atom is 0.306 e. The highest BCUT2D eigenvalue weighted by molar-refractivity contribution is 5.70. The molecule has 0 radical (unpaired) electrons. The average molecular weight is 1190 g/mol. The molecule has 0 aliphatic carbocycles. The largest absolute Gasteiger partial charge is 0.462 e.